The lowest BCUT2D eigenvalue weighted by molar-refractivity contribution is -0.305. The molecule has 1 aliphatic rings. The first-order valence-corrected chi connectivity index (χ1v) is 27.3. The van der Waals surface area contributed by atoms with Gasteiger partial charge >= 0.3 is 5.97 Å². The van der Waals surface area contributed by atoms with E-state index in [1.54, 1.807) is 0 Å². The Hall–Kier alpha value is -2.89. The minimum absolute atomic E-state index is 0.126. The average Bonchev–Trinajstić information content (AvgIpc) is 3.34. The molecule has 6 atom stereocenters. The fourth-order valence-electron chi connectivity index (χ4n) is 7.76. The number of hydrogen-bond donors (Lipinski definition) is 4. The van der Waals surface area contributed by atoms with E-state index in [1.165, 1.54) is 96.3 Å². The van der Waals surface area contributed by atoms with E-state index in [2.05, 4.69) is 111 Å². The molecule has 1 aliphatic heterocycles. The Morgan fingerprint density at radius 3 is 1.35 bits per heavy atom. The topological polar surface area (TPSA) is 135 Å². The first-order valence-electron chi connectivity index (χ1n) is 27.3. The average molecular weight is 953 g/mol. The number of carbonyl (C=O) groups excluding carboxylic acids is 1. The summed E-state index contributed by atoms with van der Waals surface area (Å²) in [5.41, 5.74) is 0. The molecule has 4 N–H and O–H groups in total. The molecule has 1 heterocycles. The monoisotopic (exact) mass is 953 g/mol. The molecule has 9 nitrogen and oxygen atoms in total. The smallest absolute Gasteiger partial charge is 0.306 e. The molecule has 1 fully saturated rings. The van der Waals surface area contributed by atoms with Crippen LogP contribution in [0.15, 0.2) is 97.2 Å². The fourth-order valence-corrected chi connectivity index (χ4v) is 7.76. The summed E-state index contributed by atoms with van der Waals surface area (Å²) < 4.78 is 22.9. The Bertz CT molecular complexity index is 1360. The van der Waals surface area contributed by atoms with Crippen molar-refractivity contribution in [1.29, 1.82) is 0 Å². The Kier molecular flexibility index (Phi) is 45.6. The number of rotatable bonds is 46. The predicted molar refractivity (Wildman–Crippen MR) is 283 cm³/mol. The summed E-state index contributed by atoms with van der Waals surface area (Å²) in [7, 11) is 0. The van der Waals surface area contributed by atoms with Gasteiger partial charge in [0.1, 0.15) is 30.5 Å². The van der Waals surface area contributed by atoms with Gasteiger partial charge in [-0.2, -0.15) is 0 Å². The molecule has 0 radical (unpaired) electrons. The highest BCUT2D eigenvalue weighted by molar-refractivity contribution is 5.69. The maximum Gasteiger partial charge on any atom is 0.306 e. The lowest BCUT2D eigenvalue weighted by Gasteiger charge is -2.39. The second-order valence-corrected chi connectivity index (χ2v) is 18.3. The molecule has 0 spiro atoms. The summed E-state index contributed by atoms with van der Waals surface area (Å²) >= 11 is 0. The molecule has 0 aliphatic carbocycles. The van der Waals surface area contributed by atoms with Crippen LogP contribution in [0.3, 0.4) is 0 Å². The van der Waals surface area contributed by atoms with Crippen LogP contribution in [-0.2, 0) is 23.7 Å². The zero-order valence-electron chi connectivity index (χ0n) is 43.1. The molecule has 390 valence electrons. The van der Waals surface area contributed by atoms with Crippen LogP contribution in [0.5, 0.6) is 0 Å². The Morgan fingerprint density at radius 2 is 0.897 bits per heavy atom. The van der Waals surface area contributed by atoms with Gasteiger partial charge in [0.05, 0.1) is 19.8 Å². The highest BCUT2D eigenvalue weighted by Crippen LogP contribution is 2.23. The molecule has 6 unspecified atom stereocenters. The summed E-state index contributed by atoms with van der Waals surface area (Å²) in [5, 5.41) is 40.3. The van der Waals surface area contributed by atoms with Crippen LogP contribution in [0.25, 0.3) is 0 Å². The third-order valence-corrected chi connectivity index (χ3v) is 12.0. The van der Waals surface area contributed by atoms with Crippen molar-refractivity contribution < 1.29 is 44.2 Å². The SMILES string of the molecule is CC/C=C\C/C=C\C/C=C\C/C=C\C/C=C\C/C=C\CCCCCCC(=O)OC(COCCCCCCCCCCCC/C=C\C/C=C\CCCCCCC)COC1OC(CO)C(O)C(O)C1O. The number of carbonyl (C=O) groups is 1. The van der Waals surface area contributed by atoms with Crippen molar-refractivity contribution in [1.82, 2.24) is 0 Å². The lowest BCUT2D eigenvalue weighted by Crippen LogP contribution is -2.59. The molecule has 0 aromatic carbocycles. The van der Waals surface area contributed by atoms with Crippen LogP contribution in [-0.4, -0.2) is 89.6 Å². The summed E-state index contributed by atoms with van der Waals surface area (Å²) in [4.78, 5) is 12.9. The third-order valence-electron chi connectivity index (χ3n) is 12.0. The number of ether oxygens (including phenoxy) is 4. The van der Waals surface area contributed by atoms with Gasteiger partial charge < -0.3 is 39.4 Å². The maximum absolute atomic E-state index is 12.9. The van der Waals surface area contributed by atoms with Gasteiger partial charge in [-0.05, 0) is 96.3 Å². The van der Waals surface area contributed by atoms with Gasteiger partial charge in [0.15, 0.2) is 6.29 Å². The van der Waals surface area contributed by atoms with E-state index in [0.29, 0.717) is 6.61 Å². The Labute approximate surface area is 415 Å². The van der Waals surface area contributed by atoms with Gasteiger partial charge in [-0.15, -0.1) is 0 Å². The van der Waals surface area contributed by atoms with Gasteiger partial charge in [-0.3, -0.25) is 4.79 Å². The standard InChI is InChI=1S/C59H100O9/c1-3-5-7-9-11-13-15-17-19-21-23-25-27-28-30-32-34-36-38-40-42-44-46-48-55(61)67-53(52-66-59-58(64)57(63)56(62)54(50-60)68-59)51-65-49-47-45-43-41-39-37-35-33-31-29-26-24-22-20-18-16-14-12-10-8-6-4-2/h5,7,11,13,16-19,22-25,28,30,34,36,53-54,56-60,62-64H,3-4,6,8-10,12,14-15,20-21,26-27,29,31-33,35,37-52H2,1-2H3/b7-5-,13-11-,18-16-,19-17-,24-22-,25-23-,30-28-,36-34-. The summed E-state index contributed by atoms with van der Waals surface area (Å²) in [6.07, 6.45) is 61.5. The maximum atomic E-state index is 12.9. The minimum atomic E-state index is -1.55. The summed E-state index contributed by atoms with van der Waals surface area (Å²) in [6, 6.07) is 0. The molecule has 1 rings (SSSR count). The van der Waals surface area contributed by atoms with Crippen LogP contribution in [0, 0.1) is 0 Å². The van der Waals surface area contributed by atoms with Gasteiger partial charge in [-0.25, -0.2) is 0 Å². The van der Waals surface area contributed by atoms with Crippen molar-refractivity contribution in [3.8, 4) is 0 Å². The molecule has 0 saturated carbocycles. The molecule has 0 bridgehead atoms. The van der Waals surface area contributed by atoms with Crippen LogP contribution >= 0.6 is 0 Å². The van der Waals surface area contributed by atoms with Gasteiger partial charge in [-0.1, -0.05) is 201 Å². The van der Waals surface area contributed by atoms with Crippen molar-refractivity contribution in [2.45, 2.75) is 243 Å². The van der Waals surface area contributed by atoms with Crippen LogP contribution < -0.4 is 0 Å². The molecule has 1 saturated heterocycles. The largest absolute Gasteiger partial charge is 0.457 e. The third kappa shape index (κ3) is 38.9. The summed E-state index contributed by atoms with van der Waals surface area (Å²) in [5.74, 6) is -0.341. The minimum Gasteiger partial charge on any atom is -0.457 e. The van der Waals surface area contributed by atoms with E-state index in [1.807, 2.05) is 0 Å². The Morgan fingerprint density at radius 1 is 0.485 bits per heavy atom. The highest BCUT2D eigenvalue weighted by Gasteiger charge is 2.44. The number of esters is 1. The molecule has 9 heteroatoms. The van der Waals surface area contributed by atoms with Crippen molar-refractivity contribution >= 4 is 5.97 Å². The number of unbranched alkanes of at least 4 members (excludes halogenated alkanes) is 19. The normalized spacial score (nSPS) is 19.9. The predicted octanol–water partition coefficient (Wildman–Crippen LogP) is 13.9. The van der Waals surface area contributed by atoms with Crippen molar-refractivity contribution in [2.24, 2.45) is 0 Å². The quantitative estimate of drug-likeness (QED) is 0.0267. The number of hydrogen-bond acceptors (Lipinski definition) is 9. The lowest BCUT2D eigenvalue weighted by atomic mass is 9.99. The first kappa shape index (κ1) is 63.1. The highest BCUT2D eigenvalue weighted by atomic mass is 16.7. The zero-order valence-corrected chi connectivity index (χ0v) is 43.1. The fraction of sp³-hybridized carbons (Fsp3) is 0.712. The van der Waals surface area contributed by atoms with Gasteiger partial charge in [0, 0.05) is 13.0 Å². The van der Waals surface area contributed by atoms with E-state index in [4.69, 9.17) is 18.9 Å². The van der Waals surface area contributed by atoms with Crippen molar-refractivity contribution in [3.05, 3.63) is 97.2 Å². The van der Waals surface area contributed by atoms with E-state index in [-0.39, 0.29) is 25.6 Å². The Balaban J connectivity index is 2.23. The molecular formula is C59H100O9. The zero-order chi connectivity index (χ0) is 49.2. The molecule has 0 aromatic heterocycles. The summed E-state index contributed by atoms with van der Waals surface area (Å²) in [6.45, 7) is 4.40. The van der Waals surface area contributed by atoms with E-state index in [0.717, 1.165) is 89.9 Å². The van der Waals surface area contributed by atoms with Crippen molar-refractivity contribution in [3.63, 3.8) is 0 Å². The molecule has 0 amide bonds. The number of allylic oxidation sites excluding steroid dienone is 16. The van der Waals surface area contributed by atoms with E-state index in [9.17, 15) is 25.2 Å². The van der Waals surface area contributed by atoms with Crippen LogP contribution in [0.1, 0.15) is 206 Å². The first-order chi connectivity index (χ1) is 33.4. The molecule has 68 heavy (non-hydrogen) atoms. The van der Waals surface area contributed by atoms with Crippen LogP contribution in [0.4, 0.5) is 0 Å². The van der Waals surface area contributed by atoms with Crippen molar-refractivity contribution in [2.75, 3.05) is 26.4 Å². The molecule has 0 aromatic rings. The van der Waals surface area contributed by atoms with Gasteiger partial charge in [0.2, 0.25) is 0 Å². The van der Waals surface area contributed by atoms with Gasteiger partial charge in [0.25, 0.3) is 0 Å². The second-order valence-electron chi connectivity index (χ2n) is 18.3. The number of aliphatic hydroxyl groups excluding tert-OH is 4. The second kappa shape index (κ2) is 49.1. The van der Waals surface area contributed by atoms with E-state index < -0.39 is 43.4 Å². The number of aliphatic hydroxyl groups is 4. The van der Waals surface area contributed by atoms with E-state index >= 15 is 0 Å². The molecular weight excluding hydrogens is 853 g/mol. The van der Waals surface area contributed by atoms with Crippen LogP contribution in [0.2, 0.25) is 0 Å².